The molecule has 7 aliphatic heterocycles. The van der Waals surface area contributed by atoms with Gasteiger partial charge in [-0.05, 0) is 163 Å². The van der Waals surface area contributed by atoms with E-state index in [1.165, 1.54) is 0 Å². The van der Waals surface area contributed by atoms with E-state index in [2.05, 4.69) is 45.7 Å². The largest absolute Gasteiger partial charge is 0.497 e. The van der Waals surface area contributed by atoms with Crippen LogP contribution in [-0.2, 0) is 19.1 Å². The number of hydrogen-bond acceptors (Lipinski definition) is 14. The van der Waals surface area contributed by atoms with Crippen LogP contribution >= 0.6 is 0 Å². The summed E-state index contributed by atoms with van der Waals surface area (Å²) < 4.78 is 25.4. The Morgan fingerprint density at radius 3 is 1.41 bits per heavy atom. The number of nitrogens with one attached hydrogen (secondary N) is 2. The Labute approximate surface area is 456 Å². The summed E-state index contributed by atoms with van der Waals surface area (Å²) in [6.07, 6.45) is 10.2. The number of nitrogens with zero attached hydrogens (tertiary/aromatic N) is 6. The summed E-state index contributed by atoms with van der Waals surface area (Å²) in [4.78, 5) is 55.8. The number of ether oxygens (including phenoxy) is 4. The van der Waals surface area contributed by atoms with Crippen LogP contribution in [0.15, 0.2) is 167 Å². The summed E-state index contributed by atoms with van der Waals surface area (Å²) >= 11 is 0. The molecule has 10 atom stereocenters. The van der Waals surface area contributed by atoms with E-state index >= 15 is 9.59 Å². The van der Waals surface area contributed by atoms with E-state index < -0.39 is 24.1 Å². The molecule has 14 heteroatoms. The zero-order valence-corrected chi connectivity index (χ0v) is 45.4. The molecule has 4 aromatic carbocycles. The van der Waals surface area contributed by atoms with E-state index in [0.29, 0.717) is 80.7 Å². The lowest BCUT2D eigenvalue weighted by Gasteiger charge is -2.51. The van der Waals surface area contributed by atoms with Crippen molar-refractivity contribution in [1.82, 2.24) is 19.8 Å². The maximum absolute atomic E-state index is 15.5. The van der Waals surface area contributed by atoms with Crippen LogP contribution < -0.4 is 20.1 Å². The highest BCUT2D eigenvalue weighted by molar-refractivity contribution is 6.22. The van der Waals surface area contributed by atoms with Crippen molar-refractivity contribution in [1.29, 1.82) is 0 Å². The number of esters is 2. The number of aliphatic imine (C=N–C) groups is 2. The minimum Gasteiger partial charge on any atom is -0.497 e. The zero-order chi connectivity index (χ0) is 54.2. The number of aromatic nitrogens is 2. The van der Waals surface area contributed by atoms with Gasteiger partial charge in [-0.1, -0.05) is 36.4 Å². The SMILES string of the molecule is C=C[C@@H]1CN2CC[C@H]1C[C@H]2[C@H](OC(=O)/C1=C(/C)Nc2ccccc2N=C(C)/C(C(=O)O[C@H](c2ccnc3ccc(OC)cc23)[C@@H]2C[C@@H]3CCN2C[C@H]3C=C)=C(\C)Nc2ccccc2N=C1C)c1ccnc2ccc(OC)cc12. The molecule has 0 radical (unpaired) electrons. The molecule has 2 aromatic heterocycles. The quantitative estimate of drug-likeness (QED) is 0.0886. The highest BCUT2D eigenvalue weighted by atomic mass is 16.5. The Hall–Kier alpha value is -7.94. The molecule has 0 amide bonds. The number of carbonyl (C=O) groups excluding carboxylic acids is 2. The van der Waals surface area contributed by atoms with E-state index in [1.807, 2.05) is 125 Å². The average molecular weight is 1050 g/mol. The number of para-hydroxylation sites is 4. The lowest BCUT2D eigenvalue weighted by atomic mass is 9.73. The minimum absolute atomic E-state index is 0.105. The van der Waals surface area contributed by atoms with Gasteiger partial charge in [0.1, 0.15) is 23.7 Å². The third-order valence-electron chi connectivity index (χ3n) is 17.0. The summed E-state index contributed by atoms with van der Waals surface area (Å²) in [6, 6.07) is 30.5. The Morgan fingerprint density at radius 2 is 1.03 bits per heavy atom. The number of rotatable bonds is 12. The molecule has 400 valence electrons. The summed E-state index contributed by atoms with van der Waals surface area (Å²) in [7, 11) is 3.29. The molecule has 0 spiro atoms. The number of anilines is 2. The Kier molecular flexibility index (Phi) is 14.8. The van der Waals surface area contributed by atoms with Crippen molar-refractivity contribution in [3.05, 3.63) is 168 Å². The molecule has 4 bridgehead atoms. The van der Waals surface area contributed by atoms with Crippen molar-refractivity contribution in [2.24, 2.45) is 33.7 Å². The van der Waals surface area contributed by atoms with Gasteiger partial charge < -0.3 is 29.6 Å². The van der Waals surface area contributed by atoms with Gasteiger partial charge in [0.15, 0.2) is 0 Å². The summed E-state index contributed by atoms with van der Waals surface area (Å²) in [5, 5.41) is 8.84. The van der Waals surface area contributed by atoms with Crippen LogP contribution in [0.4, 0.5) is 22.7 Å². The van der Waals surface area contributed by atoms with Crippen LogP contribution in [0.1, 0.15) is 76.7 Å². The third kappa shape index (κ3) is 10.1. The molecule has 13 rings (SSSR count). The van der Waals surface area contributed by atoms with Gasteiger partial charge in [-0.25, -0.2) is 9.59 Å². The fourth-order valence-electron chi connectivity index (χ4n) is 13.0. The number of piperidine rings is 6. The third-order valence-corrected chi connectivity index (χ3v) is 17.0. The minimum atomic E-state index is -0.668. The first kappa shape index (κ1) is 52.1. The van der Waals surface area contributed by atoms with Crippen molar-refractivity contribution < 1.29 is 28.5 Å². The summed E-state index contributed by atoms with van der Waals surface area (Å²) in [6.45, 7) is 19.2. The molecule has 2 unspecified atom stereocenters. The standard InChI is InChI=1S/C64H68N8O6/c1-9-41-35-71-29-25-43(41)31-57(71)61(47-23-27-65-51-21-19-45(75-7)33-49(47)51)77-63(73)59-37(3)67-53-15-11-13-17-55(53)69-39(5)60(40(6)70-56-18-14-12-16-54(56)68-38(59)4)64(74)78-62(58-32-44-26-30-72(58)36-42(44)10-2)48-24-28-66-52-22-20-46(76-8)34-50(48)52/h9-24,27-28,33-34,41-44,57-58,61-62,67,70H,1-2,25-26,29-32,35-36H2,3-8H3/b59-37-,60-40-,68-38?,69-39?/t41-,42-,43+,44+,57+,58+,61-,62-/m1/s1. The van der Waals surface area contributed by atoms with Gasteiger partial charge >= 0.3 is 11.9 Å². The molecule has 6 fully saturated rings. The smallest absolute Gasteiger partial charge is 0.342 e. The van der Waals surface area contributed by atoms with Crippen LogP contribution in [0.2, 0.25) is 0 Å². The molecule has 14 nitrogen and oxygen atoms in total. The van der Waals surface area contributed by atoms with Crippen molar-refractivity contribution in [3.8, 4) is 11.5 Å². The molecular formula is C64H68N8O6. The predicted molar refractivity (Wildman–Crippen MR) is 309 cm³/mol. The maximum atomic E-state index is 15.5. The first-order chi connectivity index (χ1) is 37.9. The highest BCUT2D eigenvalue weighted by Crippen LogP contribution is 2.46. The van der Waals surface area contributed by atoms with Crippen LogP contribution in [0.3, 0.4) is 0 Å². The topological polar surface area (TPSA) is 152 Å². The van der Waals surface area contributed by atoms with E-state index in [4.69, 9.17) is 38.9 Å². The highest BCUT2D eigenvalue weighted by Gasteiger charge is 2.46. The second-order valence-corrected chi connectivity index (χ2v) is 21.4. The van der Waals surface area contributed by atoms with E-state index in [9.17, 15) is 0 Å². The number of fused-ring (bicyclic) bond motifs is 10. The van der Waals surface area contributed by atoms with Crippen LogP contribution in [-0.4, -0.2) is 95.6 Å². The van der Waals surface area contributed by atoms with Crippen LogP contribution in [0.5, 0.6) is 11.5 Å². The molecule has 9 heterocycles. The lowest BCUT2D eigenvalue weighted by molar-refractivity contribution is -0.152. The van der Waals surface area contributed by atoms with Gasteiger partial charge in [0.05, 0.1) is 82.7 Å². The fraction of sp³-hybridized carbons (Fsp3) is 0.344. The normalized spacial score (nSPS) is 26.6. The van der Waals surface area contributed by atoms with Gasteiger partial charge in [0, 0.05) is 58.8 Å². The van der Waals surface area contributed by atoms with Crippen molar-refractivity contribution in [3.63, 3.8) is 0 Å². The molecule has 6 aromatic rings. The number of hydrogen-bond donors (Lipinski definition) is 2. The average Bonchev–Trinajstić information content (AvgIpc) is 3.54. The number of carbonyl (C=O) groups is 2. The van der Waals surface area contributed by atoms with Gasteiger partial charge in [0.2, 0.25) is 0 Å². The number of methoxy groups -OCH3 is 2. The Morgan fingerprint density at radius 1 is 0.603 bits per heavy atom. The number of pyridine rings is 2. The molecule has 0 saturated carbocycles. The first-order valence-electron chi connectivity index (χ1n) is 27.2. The second kappa shape index (κ2) is 22.2. The molecule has 0 aliphatic carbocycles. The fourth-order valence-corrected chi connectivity index (χ4v) is 13.0. The van der Waals surface area contributed by atoms with E-state index in [1.54, 1.807) is 26.6 Å². The Balaban J connectivity index is 0.993. The van der Waals surface area contributed by atoms with E-state index in [0.717, 1.165) is 84.8 Å². The zero-order valence-electron chi connectivity index (χ0n) is 45.4. The molecule has 7 aliphatic rings. The molecule has 78 heavy (non-hydrogen) atoms. The van der Waals surface area contributed by atoms with Crippen molar-refractivity contribution in [2.75, 3.05) is 51.0 Å². The molecule has 2 N–H and O–H groups in total. The summed E-state index contributed by atoms with van der Waals surface area (Å²) in [5.41, 5.74) is 7.96. The van der Waals surface area contributed by atoms with Gasteiger partial charge in [-0.3, -0.25) is 29.8 Å². The monoisotopic (exact) mass is 1040 g/mol. The van der Waals surface area contributed by atoms with Gasteiger partial charge in [-0.15, -0.1) is 13.2 Å². The second-order valence-electron chi connectivity index (χ2n) is 21.4. The molecular weight excluding hydrogens is 977 g/mol. The number of allylic oxidation sites excluding steroid dienone is 2. The first-order valence-corrected chi connectivity index (χ1v) is 27.2. The van der Waals surface area contributed by atoms with Gasteiger partial charge in [-0.2, -0.15) is 0 Å². The maximum Gasteiger partial charge on any atom is 0.342 e. The Bertz CT molecular complexity index is 3250. The van der Waals surface area contributed by atoms with Crippen molar-refractivity contribution >= 4 is 67.9 Å². The number of benzene rings is 4. The van der Waals surface area contributed by atoms with Crippen molar-refractivity contribution in [2.45, 2.75) is 77.7 Å². The lowest BCUT2D eigenvalue weighted by Crippen LogP contribution is -2.55. The summed E-state index contributed by atoms with van der Waals surface area (Å²) in [5.74, 6) is 1.85. The van der Waals surface area contributed by atoms with Gasteiger partial charge in [0.25, 0.3) is 0 Å². The van der Waals surface area contributed by atoms with Crippen LogP contribution in [0.25, 0.3) is 21.8 Å². The predicted octanol–water partition coefficient (Wildman–Crippen LogP) is 12.4. The van der Waals surface area contributed by atoms with E-state index in [-0.39, 0.29) is 23.2 Å². The molecule has 6 saturated heterocycles. The van der Waals surface area contributed by atoms with Crippen LogP contribution in [0, 0.1) is 23.7 Å².